The number of ether oxygens (including phenoxy) is 1. The Morgan fingerprint density at radius 1 is 1.24 bits per heavy atom. The lowest BCUT2D eigenvalue weighted by atomic mass is 10.1. The fraction of sp³-hybridized carbons (Fsp3) is 0.417. The number of hydrogen-bond acceptors (Lipinski definition) is 4. The van der Waals surface area contributed by atoms with E-state index >= 15 is 0 Å². The van der Waals surface area contributed by atoms with E-state index in [4.69, 9.17) is 4.74 Å². The van der Waals surface area contributed by atoms with Crippen molar-refractivity contribution in [1.82, 2.24) is 0 Å². The smallest absolute Gasteiger partial charge is 0.185 e. The molecule has 0 bridgehead atoms. The molecule has 0 atom stereocenters. The van der Waals surface area contributed by atoms with E-state index < -0.39 is 27.0 Å². The number of rotatable bonds is 5. The molecule has 0 fully saturated rings. The normalized spacial score (nSPS) is 12.4. The Morgan fingerprint density at radius 3 is 2.24 bits per heavy atom. The lowest BCUT2D eigenvalue weighted by molar-refractivity contribution is -0.134. The summed E-state index contributed by atoms with van der Waals surface area (Å²) in [7, 11) is -2.20. The Hall–Kier alpha value is -1.20. The van der Waals surface area contributed by atoms with E-state index in [0.717, 1.165) is 0 Å². The van der Waals surface area contributed by atoms with Crippen LogP contribution in [-0.4, -0.2) is 32.7 Å². The number of methoxy groups -OCH3 is 1. The molecule has 0 spiro atoms. The van der Waals surface area contributed by atoms with Gasteiger partial charge in [0.1, 0.15) is 11.4 Å². The first-order valence-electron chi connectivity index (χ1n) is 5.16. The first-order chi connectivity index (χ1) is 7.79. The van der Waals surface area contributed by atoms with Crippen LogP contribution in [0.3, 0.4) is 0 Å². The largest absolute Gasteiger partial charge is 0.371 e. The molecular formula is C12H16O4S. The van der Waals surface area contributed by atoms with Crippen molar-refractivity contribution in [2.75, 3.05) is 12.9 Å². The minimum Gasteiger partial charge on any atom is -0.371 e. The Labute approximate surface area is 102 Å². The highest BCUT2D eigenvalue weighted by atomic mass is 32.2. The standard InChI is InChI=1S/C12H16O4S/c1-12(2,16-3)11(13)9-17(14,15)10-7-5-4-6-8-10/h4-8H,9H2,1-3H3. The van der Waals surface area contributed by atoms with Crippen molar-refractivity contribution < 1.29 is 17.9 Å². The second-order valence-electron chi connectivity index (χ2n) is 4.21. The Bertz CT molecular complexity index is 488. The highest BCUT2D eigenvalue weighted by Gasteiger charge is 2.31. The third kappa shape index (κ3) is 3.38. The van der Waals surface area contributed by atoms with Gasteiger partial charge in [-0.25, -0.2) is 8.42 Å². The van der Waals surface area contributed by atoms with Gasteiger partial charge >= 0.3 is 0 Å². The molecule has 5 heteroatoms. The Balaban J connectivity index is 2.93. The molecule has 1 aromatic carbocycles. The summed E-state index contributed by atoms with van der Waals surface area (Å²) < 4.78 is 28.8. The highest BCUT2D eigenvalue weighted by molar-refractivity contribution is 7.92. The molecule has 0 heterocycles. The molecule has 0 N–H and O–H groups in total. The lowest BCUT2D eigenvalue weighted by Crippen LogP contribution is -2.38. The Kier molecular flexibility index (Phi) is 4.06. The molecule has 0 amide bonds. The van der Waals surface area contributed by atoms with Gasteiger partial charge in [-0.05, 0) is 26.0 Å². The highest BCUT2D eigenvalue weighted by Crippen LogP contribution is 2.15. The topological polar surface area (TPSA) is 60.4 Å². The quantitative estimate of drug-likeness (QED) is 0.800. The third-order valence-electron chi connectivity index (χ3n) is 2.61. The maximum Gasteiger partial charge on any atom is 0.185 e. The number of benzene rings is 1. The molecule has 1 rings (SSSR count). The minimum absolute atomic E-state index is 0.153. The molecule has 0 unspecified atom stereocenters. The van der Waals surface area contributed by atoms with E-state index in [1.807, 2.05) is 0 Å². The van der Waals surface area contributed by atoms with Crippen molar-refractivity contribution in [3.05, 3.63) is 30.3 Å². The van der Waals surface area contributed by atoms with Crippen molar-refractivity contribution in [3.8, 4) is 0 Å². The number of carbonyl (C=O) groups is 1. The minimum atomic E-state index is -3.58. The van der Waals surface area contributed by atoms with Crippen molar-refractivity contribution in [2.24, 2.45) is 0 Å². The van der Waals surface area contributed by atoms with Crippen molar-refractivity contribution in [3.63, 3.8) is 0 Å². The van der Waals surface area contributed by atoms with Crippen molar-refractivity contribution in [2.45, 2.75) is 24.3 Å². The van der Waals surface area contributed by atoms with Gasteiger partial charge in [0.15, 0.2) is 15.6 Å². The fourth-order valence-corrected chi connectivity index (χ4v) is 2.60. The number of hydrogen-bond donors (Lipinski definition) is 0. The van der Waals surface area contributed by atoms with Crippen LogP contribution in [-0.2, 0) is 19.4 Å². The molecule has 0 aromatic heterocycles. The van der Waals surface area contributed by atoms with Gasteiger partial charge in [0.05, 0.1) is 4.90 Å². The van der Waals surface area contributed by atoms with Gasteiger partial charge in [0.2, 0.25) is 0 Å². The molecule has 0 aliphatic heterocycles. The van der Waals surface area contributed by atoms with Gasteiger partial charge in [-0.1, -0.05) is 18.2 Å². The van der Waals surface area contributed by atoms with Gasteiger partial charge in [-0.15, -0.1) is 0 Å². The molecule has 0 saturated carbocycles. The molecule has 0 aliphatic carbocycles. The summed E-state index contributed by atoms with van der Waals surface area (Å²) in [6.45, 7) is 3.10. The number of ketones is 1. The summed E-state index contributed by atoms with van der Waals surface area (Å²) in [5, 5.41) is 0. The van der Waals surface area contributed by atoms with E-state index in [9.17, 15) is 13.2 Å². The van der Waals surface area contributed by atoms with Crippen LogP contribution in [0.5, 0.6) is 0 Å². The molecule has 0 radical (unpaired) electrons. The molecule has 4 nitrogen and oxygen atoms in total. The third-order valence-corrected chi connectivity index (χ3v) is 4.24. The average molecular weight is 256 g/mol. The van der Waals surface area contributed by atoms with Gasteiger partial charge in [-0.3, -0.25) is 4.79 Å². The predicted octanol–water partition coefficient (Wildman–Crippen LogP) is 1.45. The van der Waals surface area contributed by atoms with Gasteiger partial charge in [0.25, 0.3) is 0 Å². The molecule has 1 aromatic rings. The molecule has 94 valence electrons. The lowest BCUT2D eigenvalue weighted by Gasteiger charge is -2.20. The fourth-order valence-electron chi connectivity index (χ4n) is 1.17. The van der Waals surface area contributed by atoms with Crippen molar-refractivity contribution >= 4 is 15.6 Å². The number of sulfone groups is 1. The van der Waals surface area contributed by atoms with Crippen LogP contribution in [0.25, 0.3) is 0 Å². The van der Waals surface area contributed by atoms with Crippen LogP contribution < -0.4 is 0 Å². The SMILES string of the molecule is COC(C)(C)C(=O)CS(=O)(=O)c1ccccc1. The first-order valence-corrected chi connectivity index (χ1v) is 6.81. The van der Waals surface area contributed by atoms with Crippen LogP contribution in [0.1, 0.15) is 13.8 Å². The van der Waals surface area contributed by atoms with E-state index in [-0.39, 0.29) is 4.90 Å². The maximum absolute atomic E-state index is 11.9. The molecule has 0 aliphatic rings. The number of Topliss-reactive ketones (excluding diaryl/α,β-unsaturated/α-hetero) is 1. The van der Waals surface area contributed by atoms with Crippen LogP contribution in [0.2, 0.25) is 0 Å². The second-order valence-corrected chi connectivity index (χ2v) is 6.20. The average Bonchev–Trinajstić information content (AvgIpc) is 2.29. The molecule has 17 heavy (non-hydrogen) atoms. The second kappa shape index (κ2) is 4.98. The summed E-state index contributed by atoms with van der Waals surface area (Å²) in [5.74, 6) is -0.999. The molecular weight excluding hydrogens is 240 g/mol. The van der Waals surface area contributed by atoms with E-state index in [1.165, 1.54) is 19.2 Å². The van der Waals surface area contributed by atoms with Gasteiger partial charge < -0.3 is 4.74 Å². The van der Waals surface area contributed by atoms with Crippen LogP contribution in [0.4, 0.5) is 0 Å². The summed E-state index contributed by atoms with van der Waals surface area (Å²) in [6, 6.07) is 7.92. The zero-order chi connectivity index (χ0) is 13.1. The van der Waals surface area contributed by atoms with Gasteiger partial charge in [0, 0.05) is 7.11 Å². The maximum atomic E-state index is 11.9. The summed E-state index contributed by atoms with van der Waals surface area (Å²) in [6.07, 6.45) is 0. The van der Waals surface area contributed by atoms with Gasteiger partial charge in [-0.2, -0.15) is 0 Å². The van der Waals surface area contributed by atoms with E-state index in [0.29, 0.717) is 0 Å². The zero-order valence-electron chi connectivity index (χ0n) is 10.1. The van der Waals surface area contributed by atoms with E-state index in [2.05, 4.69) is 0 Å². The Morgan fingerprint density at radius 2 is 1.76 bits per heavy atom. The van der Waals surface area contributed by atoms with Crippen LogP contribution in [0, 0.1) is 0 Å². The van der Waals surface area contributed by atoms with E-state index in [1.54, 1.807) is 32.0 Å². The number of carbonyl (C=O) groups excluding carboxylic acids is 1. The monoisotopic (exact) mass is 256 g/mol. The predicted molar refractivity (Wildman–Crippen MR) is 64.6 cm³/mol. The summed E-state index contributed by atoms with van der Waals surface area (Å²) in [5.41, 5.74) is -1.08. The van der Waals surface area contributed by atoms with Crippen LogP contribution in [0.15, 0.2) is 35.2 Å². The van der Waals surface area contributed by atoms with Crippen LogP contribution >= 0.6 is 0 Å². The molecule has 0 saturated heterocycles. The summed E-state index contributed by atoms with van der Waals surface area (Å²) in [4.78, 5) is 11.9. The zero-order valence-corrected chi connectivity index (χ0v) is 11.0. The summed E-state index contributed by atoms with van der Waals surface area (Å²) >= 11 is 0. The first kappa shape index (κ1) is 13.9. The van der Waals surface area contributed by atoms with Crippen molar-refractivity contribution in [1.29, 1.82) is 0 Å².